The number of benzene rings is 1. The van der Waals surface area contributed by atoms with Gasteiger partial charge in [0.2, 0.25) is 0 Å². The molecule has 1 aromatic rings. The maximum Gasteiger partial charge on any atom is 0.411 e. The van der Waals surface area contributed by atoms with Crippen LogP contribution in [0.3, 0.4) is 0 Å². The fourth-order valence-corrected chi connectivity index (χ4v) is 4.29. The molecule has 1 aromatic carbocycles. The second kappa shape index (κ2) is 6.68. The van der Waals surface area contributed by atoms with E-state index in [4.69, 9.17) is 16.0 Å². The molecule has 0 aromatic heterocycles. The number of hydrogen-bond acceptors (Lipinski definition) is 4. The second-order valence-electron chi connectivity index (χ2n) is 7.27. The van der Waals surface area contributed by atoms with Crippen LogP contribution < -0.4 is 9.47 Å². The molecule has 1 saturated heterocycles. The Morgan fingerprint density at radius 1 is 1.20 bits per heavy atom. The standard InChI is InChI=1S/C20H26N3O2/c1-21-19-20(7-5-8-20)15-13-17(24-2)18(14-16(15)22-19)25-12-6-11-23-9-3-4-10-23/h1,13-14H,3-12H2,2H3/q+1. The van der Waals surface area contributed by atoms with Gasteiger partial charge in [-0.05, 0) is 56.3 Å². The highest BCUT2D eigenvalue weighted by molar-refractivity contribution is 6.07. The Labute approximate surface area is 149 Å². The molecule has 0 amide bonds. The monoisotopic (exact) mass is 340 g/mol. The average molecular weight is 340 g/mol. The Bertz CT molecular complexity index is 725. The van der Waals surface area contributed by atoms with Crippen molar-refractivity contribution in [3.05, 3.63) is 22.5 Å². The van der Waals surface area contributed by atoms with Gasteiger partial charge >= 0.3 is 5.84 Å². The summed E-state index contributed by atoms with van der Waals surface area (Å²) in [4.78, 5) is 11.1. The molecular formula is C20H26N3O2+. The topological polar surface area (TPSA) is 38.4 Å². The van der Waals surface area contributed by atoms with Crippen LogP contribution in [0.15, 0.2) is 17.1 Å². The molecule has 0 unspecified atom stereocenters. The summed E-state index contributed by atoms with van der Waals surface area (Å²) >= 11 is 0. The lowest BCUT2D eigenvalue weighted by atomic mass is 9.64. The number of nitrogens with zero attached hydrogens (tertiary/aromatic N) is 3. The van der Waals surface area contributed by atoms with Crippen LogP contribution in [0, 0.1) is 6.57 Å². The Hall–Kier alpha value is -2.06. The van der Waals surface area contributed by atoms with E-state index in [2.05, 4.69) is 20.8 Å². The zero-order valence-electron chi connectivity index (χ0n) is 15.0. The summed E-state index contributed by atoms with van der Waals surface area (Å²) in [6.45, 7) is 9.84. The first kappa shape index (κ1) is 16.4. The minimum absolute atomic E-state index is 0.0916. The molecule has 25 heavy (non-hydrogen) atoms. The van der Waals surface area contributed by atoms with E-state index in [9.17, 15) is 0 Å². The maximum absolute atomic E-state index is 6.02. The van der Waals surface area contributed by atoms with Crippen molar-refractivity contribution in [3.63, 3.8) is 0 Å². The maximum atomic E-state index is 6.02. The quantitative estimate of drug-likeness (QED) is 0.735. The molecule has 1 aliphatic carbocycles. The highest BCUT2D eigenvalue weighted by Gasteiger charge is 2.56. The highest BCUT2D eigenvalue weighted by Crippen LogP contribution is 2.55. The molecule has 1 spiro atoms. The molecule has 0 radical (unpaired) electrons. The number of methoxy groups -OCH3 is 1. The van der Waals surface area contributed by atoms with Gasteiger partial charge in [-0.2, -0.15) is 4.85 Å². The molecule has 2 heterocycles. The first-order chi connectivity index (χ1) is 12.3. The number of rotatable bonds is 6. The molecule has 5 nitrogen and oxygen atoms in total. The van der Waals surface area contributed by atoms with Crippen molar-refractivity contribution in [1.82, 2.24) is 4.90 Å². The molecule has 132 valence electrons. The summed E-state index contributed by atoms with van der Waals surface area (Å²) in [5, 5.41) is 0. The molecule has 0 bridgehead atoms. The van der Waals surface area contributed by atoms with Crippen LogP contribution in [0.5, 0.6) is 11.5 Å². The van der Waals surface area contributed by atoms with E-state index in [1.165, 1.54) is 37.9 Å². The predicted molar refractivity (Wildman–Crippen MR) is 99.7 cm³/mol. The molecule has 1 saturated carbocycles. The van der Waals surface area contributed by atoms with Crippen molar-refractivity contribution >= 4 is 11.5 Å². The zero-order valence-corrected chi connectivity index (χ0v) is 15.0. The van der Waals surface area contributed by atoms with Crippen LogP contribution in [-0.4, -0.2) is 44.1 Å². The van der Waals surface area contributed by atoms with Gasteiger partial charge in [-0.1, -0.05) is 6.42 Å². The summed E-state index contributed by atoms with van der Waals surface area (Å²) in [7, 11) is 1.69. The van der Waals surface area contributed by atoms with Crippen LogP contribution in [0.1, 0.15) is 44.1 Å². The lowest BCUT2D eigenvalue weighted by molar-refractivity contribution is 0.254. The molecule has 3 aliphatic rings. The van der Waals surface area contributed by atoms with Crippen LogP contribution in [0.2, 0.25) is 0 Å². The fourth-order valence-electron chi connectivity index (χ4n) is 4.29. The molecular weight excluding hydrogens is 314 g/mol. The smallest absolute Gasteiger partial charge is 0.411 e. The summed E-state index contributed by atoms with van der Waals surface area (Å²) in [6, 6.07) is 4.06. The van der Waals surface area contributed by atoms with E-state index < -0.39 is 0 Å². The molecule has 0 N–H and O–H groups in total. The van der Waals surface area contributed by atoms with Crippen molar-refractivity contribution in [3.8, 4) is 18.1 Å². The molecule has 2 aliphatic heterocycles. The largest absolute Gasteiger partial charge is 0.493 e. The van der Waals surface area contributed by atoms with E-state index in [0.717, 1.165) is 48.8 Å². The van der Waals surface area contributed by atoms with E-state index >= 15 is 0 Å². The van der Waals surface area contributed by atoms with Crippen molar-refractivity contribution in [2.75, 3.05) is 33.4 Å². The summed E-state index contributed by atoms with van der Waals surface area (Å²) < 4.78 is 11.6. The number of ether oxygens (including phenoxy) is 2. The summed E-state index contributed by atoms with van der Waals surface area (Å²) in [5.74, 6) is 2.29. The normalized spacial score (nSPS) is 20.7. The third-order valence-electron chi connectivity index (χ3n) is 5.86. The summed E-state index contributed by atoms with van der Waals surface area (Å²) in [5.41, 5.74) is 2.02. The van der Waals surface area contributed by atoms with E-state index in [1.54, 1.807) is 7.11 Å². The Kier molecular flexibility index (Phi) is 4.39. The SMILES string of the molecule is C#[N+]C1=Nc2cc(OCCCN3CCCC3)c(OC)cc2C12CCC2. The van der Waals surface area contributed by atoms with Crippen LogP contribution >= 0.6 is 0 Å². The first-order valence-electron chi connectivity index (χ1n) is 9.34. The Morgan fingerprint density at radius 2 is 2.00 bits per heavy atom. The lowest BCUT2D eigenvalue weighted by Gasteiger charge is -2.33. The summed E-state index contributed by atoms with van der Waals surface area (Å²) in [6.07, 6.45) is 6.97. The van der Waals surface area contributed by atoms with Crippen LogP contribution in [0.25, 0.3) is 4.85 Å². The zero-order chi connectivity index (χ0) is 17.3. The minimum Gasteiger partial charge on any atom is -0.493 e. The fraction of sp³-hybridized carbons (Fsp3) is 0.600. The lowest BCUT2D eigenvalue weighted by Crippen LogP contribution is -2.38. The molecule has 0 atom stereocenters. The number of fused-ring (bicyclic) bond motifs is 2. The Balaban J connectivity index is 1.48. The third-order valence-corrected chi connectivity index (χ3v) is 5.86. The van der Waals surface area contributed by atoms with E-state index in [-0.39, 0.29) is 5.41 Å². The molecule has 5 heteroatoms. The minimum atomic E-state index is -0.0916. The highest BCUT2D eigenvalue weighted by atomic mass is 16.5. The van der Waals surface area contributed by atoms with Crippen molar-refractivity contribution in [2.24, 2.45) is 4.99 Å². The van der Waals surface area contributed by atoms with Gasteiger partial charge in [0, 0.05) is 18.2 Å². The molecule has 2 fully saturated rings. The van der Waals surface area contributed by atoms with Gasteiger partial charge in [0.1, 0.15) is 12.0 Å². The first-order valence-corrected chi connectivity index (χ1v) is 9.34. The molecule has 4 rings (SSSR count). The van der Waals surface area contributed by atoms with Crippen molar-refractivity contribution < 1.29 is 9.47 Å². The predicted octanol–water partition coefficient (Wildman–Crippen LogP) is 3.99. The van der Waals surface area contributed by atoms with Gasteiger partial charge in [0.25, 0.3) is 0 Å². The van der Waals surface area contributed by atoms with E-state index in [0.29, 0.717) is 6.61 Å². The number of hydrogen-bond donors (Lipinski definition) is 0. The van der Waals surface area contributed by atoms with Gasteiger partial charge in [-0.3, -0.25) is 0 Å². The third kappa shape index (κ3) is 2.79. The van der Waals surface area contributed by atoms with E-state index in [1.807, 2.05) is 6.07 Å². The number of aliphatic imine (C=N–C) groups is 1. The van der Waals surface area contributed by atoms with Gasteiger partial charge < -0.3 is 14.4 Å². The van der Waals surface area contributed by atoms with Crippen LogP contribution in [0.4, 0.5) is 5.69 Å². The number of amidine groups is 1. The average Bonchev–Trinajstić information content (AvgIpc) is 3.22. The van der Waals surface area contributed by atoms with Gasteiger partial charge in [-0.15, -0.1) is 0 Å². The van der Waals surface area contributed by atoms with Crippen LogP contribution in [-0.2, 0) is 5.41 Å². The Morgan fingerprint density at radius 3 is 2.64 bits per heavy atom. The second-order valence-corrected chi connectivity index (χ2v) is 7.27. The van der Waals surface area contributed by atoms with Gasteiger partial charge in [0.05, 0.1) is 13.7 Å². The van der Waals surface area contributed by atoms with Crippen molar-refractivity contribution in [2.45, 2.75) is 43.9 Å². The van der Waals surface area contributed by atoms with Gasteiger partial charge in [0.15, 0.2) is 17.2 Å². The van der Waals surface area contributed by atoms with Crippen molar-refractivity contribution in [1.29, 1.82) is 0 Å². The van der Waals surface area contributed by atoms with Gasteiger partial charge in [-0.25, -0.2) is 0 Å². The number of likely N-dealkylation sites (tertiary alicyclic amines) is 1.